The third-order valence-electron chi connectivity index (χ3n) is 1.95. The number of rotatable bonds is 1. The molecule has 0 aliphatic heterocycles. The maximum atomic E-state index is 6.00. The molecule has 3 unspecified atom stereocenters. The molecule has 64 valence electrons. The Bertz CT molecular complexity index is 158. The largest absolute Gasteiger partial charge is 0.376 e. The van der Waals surface area contributed by atoms with E-state index in [0.717, 1.165) is 18.4 Å². The van der Waals surface area contributed by atoms with Crippen molar-refractivity contribution in [1.29, 1.82) is 0 Å². The number of hydrogen-bond donors (Lipinski definition) is 0. The van der Waals surface area contributed by atoms with Crippen molar-refractivity contribution in [3.8, 4) is 0 Å². The number of hydrogen-bond acceptors (Lipinski definition) is 1. The normalized spacial score (nSPS) is 39.2. The van der Waals surface area contributed by atoms with E-state index in [1.807, 2.05) is 0 Å². The van der Waals surface area contributed by atoms with Crippen molar-refractivity contribution >= 4 is 23.2 Å². The van der Waals surface area contributed by atoms with Gasteiger partial charge >= 0.3 is 0 Å². The fourth-order valence-electron chi connectivity index (χ4n) is 1.42. The van der Waals surface area contributed by atoms with Gasteiger partial charge < -0.3 is 4.74 Å². The Morgan fingerprint density at radius 1 is 1.55 bits per heavy atom. The van der Waals surface area contributed by atoms with Crippen LogP contribution in [-0.4, -0.2) is 24.0 Å². The number of ether oxygens (including phenoxy) is 1. The summed E-state index contributed by atoms with van der Waals surface area (Å²) in [5.74, 6) is 0. The highest BCUT2D eigenvalue weighted by Gasteiger charge is 2.30. The second kappa shape index (κ2) is 3.79. The molecule has 0 aromatic carbocycles. The molecule has 0 saturated heterocycles. The molecule has 0 aromatic rings. The van der Waals surface area contributed by atoms with E-state index in [9.17, 15) is 0 Å². The van der Waals surface area contributed by atoms with Crippen molar-refractivity contribution in [2.24, 2.45) is 0 Å². The second-order valence-electron chi connectivity index (χ2n) is 2.87. The van der Waals surface area contributed by atoms with E-state index >= 15 is 0 Å². The van der Waals surface area contributed by atoms with Gasteiger partial charge in [0.2, 0.25) is 0 Å². The molecule has 1 rings (SSSR count). The van der Waals surface area contributed by atoms with Gasteiger partial charge in [0.1, 0.15) is 0 Å². The highest BCUT2D eigenvalue weighted by atomic mass is 35.5. The topological polar surface area (TPSA) is 9.23 Å². The summed E-state index contributed by atoms with van der Waals surface area (Å²) in [6.45, 7) is 3.87. The molecule has 0 spiro atoms. The third kappa shape index (κ3) is 2.11. The highest BCUT2D eigenvalue weighted by Crippen LogP contribution is 2.31. The van der Waals surface area contributed by atoms with Gasteiger partial charge in [-0.05, 0) is 18.4 Å². The van der Waals surface area contributed by atoms with Gasteiger partial charge in [-0.3, -0.25) is 0 Å². The Morgan fingerprint density at radius 3 is 2.64 bits per heavy atom. The fourth-order valence-corrected chi connectivity index (χ4v) is 2.40. The maximum absolute atomic E-state index is 6.00. The molecule has 0 N–H and O–H groups in total. The summed E-state index contributed by atoms with van der Waals surface area (Å²) in [5.41, 5.74) is 1.01. The van der Waals surface area contributed by atoms with Crippen molar-refractivity contribution in [2.45, 2.75) is 29.7 Å². The molecule has 1 fully saturated rings. The molecule has 3 heteroatoms. The smallest absolute Gasteiger partial charge is 0.0943 e. The molecule has 1 aliphatic carbocycles. The summed E-state index contributed by atoms with van der Waals surface area (Å²) >= 11 is 11.9. The number of alkyl halides is 2. The summed E-state index contributed by atoms with van der Waals surface area (Å²) in [4.78, 5) is 0. The van der Waals surface area contributed by atoms with Crippen LogP contribution in [-0.2, 0) is 4.74 Å². The maximum Gasteiger partial charge on any atom is 0.0943 e. The van der Waals surface area contributed by atoms with Gasteiger partial charge in [-0.2, -0.15) is 0 Å². The van der Waals surface area contributed by atoms with Gasteiger partial charge in [0, 0.05) is 12.5 Å². The molecule has 11 heavy (non-hydrogen) atoms. The van der Waals surface area contributed by atoms with Crippen LogP contribution >= 0.6 is 23.2 Å². The van der Waals surface area contributed by atoms with Gasteiger partial charge in [0.25, 0.3) is 0 Å². The Morgan fingerprint density at radius 2 is 2.18 bits per heavy atom. The average Bonchev–Trinajstić information content (AvgIpc) is 1.85. The summed E-state index contributed by atoms with van der Waals surface area (Å²) in [6, 6.07) is 0. The standard InChI is InChI=1S/C8H12Cl2O/c1-5-3-6(9)4-7(10)8(5)11-2/h6-8H,1,3-4H2,2H3. The minimum absolute atomic E-state index is 0.00772. The molecule has 0 amide bonds. The minimum atomic E-state index is -0.0104. The lowest BCUT2D eigenvalue weighted by Crippen LogP contribution is -2.33. The molecule has 1 nitrogen and oxygen atoms in total. The van der Waals surface area contributed by atoms with Crippen LogP contribution in [0.3, 0.4) is 0 Å². The zero-order valence-electron chi connectivity index (χ0n) is 6.52. The van der Waals surface area contributed by atoms with Crippen LogP contribution in [0.5, 0.6) is 0 Å². The second-order valence-corrected chi connectivity index (χ2v) is 4.05. The molecule has 0 heterocycles. The Kier molecular flexibility index (Phi) is 3.23. The Hall–Kier alpha value is 0.280. The quantitative estimate of drug-likeness (QED) is 0.461. The average molecular weight is 195 g/mol. The van der Waals surface area contributed by atoms with Gasteiger partial charge in [-0.1, -0.05) is 6.58 Å². The van der Waals surface area contributed by atoms with Gasteiger partial charge in [-0.15, -0.1) is 23.2 Å². The zero-order chi connectivity index (χ0) is 8.43. The summed E-state index contributed by atoms with van der Waals surface area (Å²) < 4.78 is 5.17. The molecule has 1 aliphatic rings. The lowest BCUT2D eigenvalue weighted by molar-refractivity contribution is 0.114. The van der Waals surface area contributed by atoms with E-state index in [0.29, 0.717) is 0 Å². The molecule has 0 radical (unpaired) electrons. The van der Waals surface area contributed by atoms with Crippen LogP contribution < -0.4 is 0 Å². The van der Waals surface area contributed by atoms with Gasteiger partial charge in [0.15, 0.2) is 0 Å². The first-order valence-corrected chi connectivity index (χ1v) is 4.51. The molecular formula is C8H12Cl2O. The van der Waals surface area contributed by atoms with Crippen LogP contribution in [0.25, 0.3) is 0 Å². The van der Waals surface area contributed by atoms with E-state index < -0.39 is 0 Å². The Labute approximate surface area is 77.3 Å². The monoisotopic (exact) mass is 194 g/mol. The van der Waals surface area contributed by atoms with Crippen LogP contribution in [0.1, 0.15) is 12.8 Å². The first-order valence-electron chi connectivity index (χ1n) is 3.63. The first-order chi connectivity index (χ1) is 5.15. The van der Waals surface area contributed by atoms with E-state index in [-0.39, 0.29) is 16.9 Å². The summed E-state index contributed by atoms with van der Waals surface area (Å²) in [7, 11) is 1.65. The summed E-state index contributed by atoms with van der Waals surface area (Å²) in [6.07, 6.45) is 1.62. The van der Waals surface area contributed by atoms with Crippen LogP contribution in [0.4, 0.5) is 0 Å². The molecule has 0 aromatic heterocycles. The van der Waals surface area contributed by atoms with Crippen molar-refractivity contribution in [3.05, 3.63) is 12.2 Å². The third-order valence-corrected chi connectivity index (χ3v) is 2.69. The summed E-state index contributed by atoms with van der Waals surface area (Å²) in [5, 5.41) is 0.125. The van der Waals surface area contributed by atoms with Crippen molar-refractivity contribution in [2.75, 3.05) is 7.11 Å². The van der Waals surface area contributed by atoms with Crippen LogP contribution in [0, 0.1) is 0 Å². The minimum Gasteiger partial charge on any atom is -0.376 e. The predicted molar refractivity (Wildman–Crippen MR) is 48.5 cm³/mol. The van der Waals surface area contributed by atoms with E-state index in [1.165, 1.54) is 0 Å². The highest BCUT2D eigenvalue weighted by molar-refractivity contribution is 6.24. The van der Waals surface area contributed by atoms with E-state index in [4.69, 9.17) is 27.9 Å². The van der Waals surface area contributed by atoms with Crippen molar-refractivity contribution in [1.82, 2.24) is 0 Å². The van der Waals surface area contributed by atoms with Crippen molar-refractivity contribution in [3.63, 3.8) is 0 Å². The Balaban J connectivity index is 2.59. The molecule has 3 atom stereocenters. The van der Waals surface area contributed by atoms with Gasteiger partial charge in [0.05, 0.1) is 11.5 Å². The van der Waals surface area contributed by atoms with Crippen molar-refractivity contribution < 1.29 is 4.74 Å². The lowest BCUT2D eigenvalue weighted by atomic mass is 9.92. The predicted octanol–water partition coefficient (Wildman–Crippen LogP) is 2.57. The first kappa shape index (κ1) is 9.37. The van der Waals surface area contributed by atoms with E-state index in [1.54, 1.807) is 7.11 Å². The number of halogens is 2. The van der Waals surface area contributed by atoms with Gasteiger partial charge in [-0.25, -0.2) is 0 Å². The molecule has 1 saturated carbocycles. The number of methoxy groups -OCH3 is 1. The van der Waals surface area contributed by atoms with Crippen LogP contribution in [0.15, 0.2) is 12.2 Å². The fraction of sp³-hybridized carbons (Fsp3) is 0.750. The zero-order valence-corrected chi connectivity index (χ0v) is 8.03. The lowest BCUT2D eigenvalue weighted by Gasteiger charge is -2.30. The van der Waals surface area contributed by atoms with E-state index in [2.05, 4.69) is 6.58 Å². The van der Waals surface area contributed by atoms with Crippen LogP contribution in [0.2, 0.25) is 0 Å². The molecular weight excluding hydrogens is 183 g/mol. The SMILES string of the molecule is C=C1CC(Cl)CC(Cl)C1OC. The molecule has 0 bridgehead atoms.